The average molecular weight is 423 g/mol. The molecule has 0 N–H and O–H groups in total. The Morgan fingerprint density at radius 3 is 2.30 bits per heavy atom. The zero-order chi connectivity index (χ0) is 20.9. The smallest absolute Gasteiger partial charge is 0.233 e. The van der Waals surface area contributed by atoms with E-state index in [2.05, 4.69) is 26.9 Å². The molecule has 1 saturated heterocycles. The van der Waals surface area contributed by atoms with Crippen molar-refractivity contribution in [3.05, 3.63) is 66.2 Å². The van der Waals surface area contributed by atoms with Crippen LogP contribution in [0.2, 0.25) is 0 Å². The Morgan fingerprint density at radius 2 is 1.63 bits per heavy atom. The molecule has 30 heavy (non-hydrogen) atoms. The van der Waals surface area contributed by atoms with E-state index in [0.29, 0.717) is 25.4 Å². The number of hydrogen-bond acceptors (Lipinski definition) is 5. The summed E-state index contributed by atoms with van der Waals surface area (Å²) in [7, 11) is 0. The minimum Gasteiger partial charge on any atom is -0.372 e. The molecule has 4 rings (SSSR count). The van der Waals surface area contributed by atoms with E-state index in [4.69, 9.17) is 4.74 Å². The van der Waals surface area contributed by atoms with Crippen LogP contribution in [0.5, 0.6) is 0 Å². The zero-order valence-corrected chi connectivity index (χ0v) is 18.1. The van der Waals surface area contributed by atoms with E-state index in [9.17, 15) is 4.79 Å². The van der Waals surface area contributed by atoms with Gasteiger partial charge in [-0.25, -0.2) is 0 Å². The zero-order valence-electron chi connectivity index (χ0n) is 17.3. The van der Waals surface area contributed by atoms with Gasteiger partial charge in [-0.2, -0.15) is 0 Å². The Morgan fingerprint density at radius 1 is 1.00 bits per heavy atom. The topological polar surface area (TPSA) is 60.2 Å². The highest BCUT2D eigenvalue weighted by Gasteiger charge is 2.26. The largest absolute Gasteiger partial charge is 0.372 e. The molecular weight excluding hydrogens is 396 g/mol. The van der Waals surface area contributed by atoms with Crippen molar-refractivity contribution in [3.8, 4) is 11.4 Å². The summed E-state index contributed by atoms with van der Waals surface area (Å²) in [6.07, 6.45) is 0.128. The van der Waals surface area contributed by atoms with Crippen molar-refractivity contribution in [3.63, 3.8) is 0 Å². The summed E-state index contributed by atoms with van der Waals surface area (Å²) < 4.78 is 7.83. The normalized spacial score (nSPS) is 19.1. The van der Waals surface area contributed by atoms with Gasteiger partial charge in [0.2, 0.25) is 5.91 Å². The van der Waals surface area contributed by atoms with E-state index in [0.717, 1.165) is 16.5 Å². The number of carbonyl (C=O) groups is 1. The molecule has 2 heterocycles. The van der Waals surface area contributed by atoms with Crippen molar-refractivity contribution >= 4 is 17.7 Å². The number of aromatic nitrogens is 3. The van der Waals surface area contributed by atoms with E-state index >= 15 is 0 Å². The van der Waals surface area contributed by atoms with Crippen LogP contribution in [0.4, 0.5) is 0 Å². The Kier molecular flexibility index (Phi) is 6.50. The van der Waals surface area contributed by atoms with Crippen molar-refractivity contribution in [1.29, 1.82) is 0 Å². The maximum Gasteiger partial charge on any atom is 0.233 e. The first-order valence-electron chi connectivity index (χ1n) is 10.2. The van der Waals surface area contributed by atoms with Crippen molar-refractivity contribution in [2.75, 3.05) is 18.8 Å². The quantitative estimate of drug-likeness (QED) is 0.567. The minimum atomic E-state index is 0.0640. The van der Waals surface area contributed by atoms with E-state index in [1.807, 2.05) is 67.3 Å². The number of hydrogen-bond donors (Lipinski definition) is 0. The third-order valence-corrected chi connectivity index (χ3v) is 5.98. The molecule has 2 aromatic carbocycles. The molecule has 156 valence electrons. The van der Waals surface area contributed by atoms with Crippen LogP contribution in [0.15, 0.2) is 65.8 Å². The third-order valence-electron chi connectivity index (χ3n) is 5.03. The monoisotopic (exact) mass is 422 g/mol. The maximum absolute atomic E-state index is 12.8. The van der Waals surface area contributed by atoms with Crippen molar-refractivity contribution in [1.82, 2.24) is 19.7 Å². The van der Waals surface area contributed by atoms with Gasteiger partial charge in [0.1, 0.15) is 0 Å². The summed E-state index contributed by atoms with van der Waals surface area (Å²) in [5, 5.41) is 9.61. The first kappa shape index (κ1) is 20.6. The molecule has 0 spiro atoms. The van der Waals surface area contributed by atoms with E-state index < -0.39 is 0 Å². The first-order valence-corrected chi connectivity index (χ1v) is 11.2. The molecule has 0 radical (unpaired) electrons. The van der Waals surface area contributed by atoms with E-state index in [-0.39, 0.29) is 18.1 Å². The highest BCUT2D eigenvalue weighted by atomic mass is 32.2. The Bertz CT molecular complexity index is 967. The van der Waals surface area contributed by atoms with Crippen LogP contribution in [-0.2, 0) is 16.1 Å². The van der Waals surface area contributed by atoms with Gasteiger partial charge in [-0.15, -0.1) is 10.2 Å². The second-order valence-corrected chi connectivity index (χ2v) is 8.53. The second kappa shape index (κ2) is 9.45. The number of benzene rings is 2. The summed E-state index contributed by atoms with van der Waals surface area (Å²) in [5.74, 6) is 1.25. The van der Waals surface area contributed by atoms with Crippen LogP contribution in [0.25, 0.3) is 11.4 Å². The SMILES string of the molecule is CC1CN(C(=O)CSc2nnc(-c3ccccc3)n2Cc2ccccc2)CC(C)O1. The molecule has 7 heteroatoms. The Labute approximate surface area is 181 Å². The fraction of sp³-hybridized carbons (Fsp3) is 0.348. The third kappa shape index (κ3) is 4.91. The molecule has 0 aliphatic carbocycles. The number of nitrogens with zero attached hydrogens (tertiary/aromatic N) is 4. The second-order valence-electron chi connectivity index (χ2n) is 7.59. The maximum atomic E-state index is 12.8. The van der Waals surface area contributed by atoms with Gasteiger partial charge in [-0.3, -0.25) is 9.36 Å². The van der Waals surface area contributed by atoms with Gasteiger partial charge < -0.3 is 9.64 Å². The molecule has 1 aliphatic heterocycles. The van der Waals surface area contributed by atoms with E-state index in [1.165, 1.54) is 17.3 Å². The minimum absolute atomic E-state index is 0.0640. The predicted molar refractivity (Wildman–Crippen MR) is 118 cm³/mol. The first-order chi connectivity index (χ1) is 14.6. The lowest BCUT2D eigenvalue weighted by Gasteiger charge is -2.35. The molecule has 2 unspecified atom stereocenters. The summed E-state index contributed by atoms with van der Waals surface area (Å²) in [6, 6.07) is 20.3. The highest BCUT2D eigenvalue weighted by Crippen LogP contribution is 2.25. The van der Waals surface area contributed by atoms with Gasteiger partial charge >= 0.3 is 0 Å². The fourth-order valence-corrected chi connectivity index (χ4v) is 4.54. The van der Waals surface area contributed by atoms with Crippen LogP contribution in [0.1, 0.15) is 19.4 Å². The molecule has 1 amide bonds. The van der Waals surface area contributed by atoms with Gasteiger partial charge in [0.05, 0.1) is 24.5 Å². The van der Waals surface area contributed by atoms with Gasteiger partial charge in [-0.1, -0.05) is 72.4 Å². The number of carbonyl (C=O) groups excluding carboxylic acids is 1. The van der Waals surface area contributed by atoms with E-state index in [1.54, 1.807) is 0 Å². The summed E-state index contributed by atoms with van der Waals surface area (Å²) >= 11 is 1.44. The number of rotatable bonds is 6. The molecule has 0 bridgehead atoms. The van der Waals surface area contributed by atoms with Crippen LogP contribution in [0.3, 0.4) is 0 Å². The predicted octanol–water partition coefficient (Wildman–Crippen LogP) is 3.72. The van der Waals surface area contributed by atoms with Crippen molar-refractivity contribution in [2.45, 2.75) is 37.8 Å². The Balaban J connectivity index is 1.54. The highest BCUT2D eigenvalue weighted by molar-refractivity contribution is 7.99. The molecule has 1 fully saturated rings. The van der Waals surface area contributed by atoms with Gasteiger partial charge in [-0.05, 0) is 19.4 Å². The average Bonchev–Trinajstić information content (AvgIpc) is 3.15. The molecular formula is C23H26N4O2S. The Hall–Kier alpha value is -2.64. The molecule has 2 atom stereocenters. The number of morpholine rings is 1. The lowest BCUT2D eigenvalue weighted by atomic mass is 10.2. The van der Waals surface area contributed by atoms with Crippen molar-refractivity contribution in [2.24, 2.45) is 0 Å². The summed E-state index contributed by atoms with van der Waals surface area (Å²) in [6.45, 7) is 5.93. The van der Waals surface area contributed by atoms with Crippen LogP contribution in [0, 0.1) is 0 Å². The molecule has 6 nitrogen and oxygen atoms in total. The van der Waals surface area contributed by atoms with Crippen molar-refractivity contribution < 1.29 is 9.53 Å². The lowest BCUT2D eigenvalue weighted by molar-refractivity contribution is -0.140. The van der Waals surface area contributed by atoms with Crippen LogP contribution in [-0.4, -0.2) is 56.6 Å². The summed E-state index contributed by atoms with van der Waals surface area (Å²) in [5.41, 5.74) is 2.17. The number of thioether (sulfide) groups is 1. The molecule has 1 aromatic heterocycles. The molecule has 0 saturated carbocycles. The van der Waals surface area contributed by atoms with Gasteiger partial charge in [0.25, 0.3) is 0 Å². The summed E-state index contributed by atoms with van der Waals surface area (Å²) in [4.78, 5) is 14.7. The van der Waals surface area contributed by atoms with Gasteiger partial charge in [0, 0.05) is 18.7 Å². The van der Waals surface area contributed by atoms with Gasteiger partial charge in [0.15, 0.2) is 11.0 Å². The number of ether oxygens (including phenoxy) is 1. The molecule has 3 aromatic rings. The van der Waals surface area contributed by atoms with Crippen LogP contribution >= 0.6 is 11.8 Å². The number of amides is 1. The molecule has 1 aliphatic rings. The fourth-order valence-electron chi connectivity index (χ4n) is 3.70. The standard InChI is InChI=1S/C23H26N4O2S/c1-17-13-26(14-18(2)29-17)21(28)16-30-23-25-24-22(20-11-7-4-8-12-20)27(23)15-19-9-5-3-6-10-19/h3-12,17-18H,13-16H2,1-2H3. The van der Waals surface area contributed by atoms with Crippen LogP contribution < -0.4 is 0 Å². The lowest BCUT2D eigenvalue weighted by Crippen LogP contribution is -2.48.